The van der Waals surface area contributed by atoms with Gasteiger partial charge >= 0.3 is 6.18 Å². The average Bonchev–Trinajstić information content (AvgIpc) is 2.38. The summed E-state index contributed by atoms with van der Waals surface area (Å²) >= 11 is 5.80. The van der Waals surface area contributed by atoms with Gasteiger partial charge in [-0.15, -0.1) is 6.58 Å². The molecule has 0 bridgehead atoms. The first-order valence-electron chi connectivity index (χ1n) is 6.56. The number of halogens is 4. The molecule has 0 aromatic heterocycles. The summed E-state index contributed by atoms with van der Waals surface area (Å²) in [6, 6.07) is 6.51. The molecule has 110 valence electrons. The number of hydrogen-bond donors (Lipinski definition) is 0. The van der Waals surface area contributed by atoms with E-state index in [1.165, 1.54) is 6.08 Å². The number of rotatable bonds is 6. The van der Waals surface area contributed by atoms with Gasteiger partial charge in [0.15, 0.2) is 0 Å². The van der Waals surface area contributed by atoms with Gasteiger partial charge in [-0.2, -0.15) is 13.2 Å². The molecular weight excluding hydrogens is 285 g/mol. The molecule has 0 amide bonds. The molecule has 0 radical (unpaired) electrons. The second-order valence-electron chi connectivity index (χ2n) is 4.56. The van der Waals surface area contributed by atoms with Crippen molar-refractivity contribution in [3.63, 3.8) is 0 Å². The van der Waals surface area contributed by atoms with Gasteiger partial charge in [0.25, 0.3) is 0 Å². The zero-order valence-corrected chi connectivity index (χ0v) is 12.2. The predicted octanol–water partition coefficient (Wildman–Crippen LogP) is 6.42. The van der Waals surface area contributed by atoms with Crippen LogP contribution in [0.2, 0.25) is 5.02 Å². The highest BCUT2D eigenvalue weighted by atomic mass is 35.5. The van der Waals surface area contributed by atoms with E-state index in [9.17, 15) is 13.2 Å². The predicted molar refractivity (Wildman–Crippen MR) is 78.8 cm³/mol. The third-order valence-electron chi connectivity index (χ3n) is 3.03. The molecule has 0 saturated carbocycles. The molecule has 4 heteroatoms. The lowest BCUT2D eigenvalue weighted by Crippen LogP contribution is -2.14. The summed E-state index contributed by atoms with van der Waals surface area (Å²) in [6.07, 6.45) is -1.25. The van der Waals surface area contributed by atoms with Crippen LogP contribution in [0.1, 0.15) is 38.2 Å². The Morgan fingerprint density at radius 1 is 1.25 bits per heavy atom. The topological polar surface area (TPSA) is 0 Å². The molecule has 0 N–H and O–H groups in total. The van der Waals surface area contributed by atoms with Gasteiger partial charge in [-0.05, 0) is 42.5 Å². The largest absolute Gasteiger partial charge is 0.413 e. The molecule has 1 aromatic carbocycles. The molecule has 0 spiro atoms. The van der Waals surface area contributed by atoms with Gasteiger partial charge < -0.3 is 0 Å². The molecular formula is C16H18ClF3. The molecule has 0 aliphatic carbocycles. The van der Waals surface area contributed by atoms with E-state index < -0.39 is 11.7 Å². The van der Waals surface area contributed by atoms with Crippen molar-refractivity contribution < 1.29 is 13.2 Å². The third kappa shape index (κ3) is 4.71. The van der Waals surface area contributed by atoms with E-state index >= 15 is 0 Å². The van der Waals surface area contributed by atoms with Gasteiger partial charge in [0, 0.05) is 10.6 Å². The van der Waals surface area contributed by atoms with E-state index in [-0.39, 0.29) is 6.42 Å². The van der Waals surface area contributed by atoms with E-state index in [1.807, 2.05) is 6.92 Å². The third-order valence-corrected chi connectivity index (χ3v) is 3.28. The van der Waals surface area contributed by atoms with Gasteiger partial charge in [-0.1, -0.05) is 43.2 Å². The highest BCUT2D eigenvalue weighted by Crippen LogP contribution is 2.37. The number of alkyl halides is 3. The molecule has 0 aliphatic rings. The summed E-state index contributed by atoms with van der Waals surface area (Å²) in [6.45, 7) is 5.39. The summed E-state index contributed by atoms with van der Waals surface area (Å²) in [5.41, 5.74) is 0.413. The Balaban J connectivity index is 3.33. The number of allylic oxidation sites excluding steroid dienone is 3. The highest BCUT2D eigenvalue weighted by Gasteiger charge is 2.35. The summed E-state index contributed by atoms with van der Waals surface area (Å²) < 4.78 is 39.7. The van der Waals surface area contributed by atoms with Gasteiger partial charge in [0.2, 0.25) is 0 Å². The van der Waals surface area contributed by atoms with Crippen LogP contribution >= 0.6 is 11.6 Å². The molecule has 0 aliphatic heterocycles. The molecule has 1 aromatic rings. The maximum absolute atomic E-state index is 13.2. The van der Waals surface area contributed by atoms with Crippen LogP contribution in [0.15, 0.2) is 42.5 Å². The molecule has 0 nitrogen and oxygen atoms in total. The molecule has 0 unspecified atom stereocenters. The van der Waals surface area contributed by atoms with Crippen LogP contribution in [-0.2, 0) is 0 Å². The normalized spacial score (nSPS) is 13.1. The van der Waals surface area contributed by atoms with E-state index in [1.54, 1.807) is 24.3 Å². The first-order valence-corrected chi connectivity index (χ1v) is 6.94. The fourth-order valence-electron chi connectivity index (χ4n) is 2.03. The standard InChI is InChI=1S/C16H18ClF3/c1-3-5-7-14(12-8-10-13(17)11-9-12)15(6-4-2)16(18,19)20/h4,8-11H,2-3,5-7H2,1H3/b15-14-. The second-order valence-corrected chi connectivity index (χ2v) is 4.99. The maximum Gasteiger partial charge on any atom is 0.413 e. The van der Waals surface area contributed by atoms with Gasteiger partial charge in [0.05, 0.1) is 0 Å². The van der Waals surface area contributed by atoms with Crippen molar-refractivity contribution in [2.75, 3.05) is 0 Å². The Morgan fingerprint density at radius 2 is 1.85 bits per heavy atom. The second kappa shape index (κ2) is 7.53. The highest BCUT2D eigenvalue weighted by molar-refractivity contribution is 6.30. The van der Waals surface area contributed by atoms with Crippen molar-refractivity contribution in [3.05, 3.63) is 53.1 Å². The number of hydrogen-bond acceptors (Lipinski definition) is 0. The van der Waals surface area contributed by atoms with Crippen molar-refractivity contribution in [2.24, 2.45) is 0 Å². The lowest BCUT2D eigenvalue weighted by atomic mass is 9.93. The number of benzene rings is 1. The smallest absolute Gasteiger partial charge is 0.166 e. The van der Waals surface area contributed by atoms with Crippen molar-refractivity contribution in [1.82, 2.24) is 0 Å². The van der Waals surface area contributed by atoms with Gasteiger partial charge in [-0.3, -0.25) is 0 Å². The fourth-order valence-corrected chi connectivity index (χ4v) is 2.15. The van der Waals surface area contributed by atoms with Crippen LogP contribution in [0.3, 0.4) is 0 Å². The molecule has 0 heterocycles. The van der Waals surface area contributed by atoms with Crippen molar-refractivity contribution in [2.45, 2.75) is 38.8 Å². The Kier molecular flexibility index (Phi) is 6.34. The van der Waals surface area contributed by atoms with Crippen molar-refractivity contribution >= 4 is 17.2 Å². The minimum absolute atomic E-state index is 0.175. The van der Waals surface area contributed by atoms with Crippen LogP contribution < -0.4 is 0 Å². The monoisotopic (exact) mass is 302 g/mol. The fraction of sp³-hybridized carbons (Fsp3) is 0.375. The average molecular weight is 303 g/mol. The maximum atomic E-state index is 13.2. The minimum Gasteiger partial charge on any atom is -0.166 e. The van der Waals surface area contributed by atoms with Gasteiger partial charge in [0.1, 0.15) is 0 Å². The van der Waals surface area contributed by atoms with E-state index in [2.05, 4.69) is 6.58 Å². The Labute approximate surface area is 123 Å². The van der Waals surface area contributed by atoms with Crippen LogP contribution in [-0.4, -0.2) is 6.18 Å². The lowest BCUT2D eigenvalue weighted by Gasteiger charge is -2.17. The SMILES string of the molecule is C=CC/C(=C(\CCCC)c1ccc(Cl)cc1)C(F)(F)F. The zero-order chi connectivity index (χ0) is 15.2. The van der Waals surface area contributed by atoms with E-state index in [0.717, 1.165) is 6.42 Å². The van der Waals surface area contributed by atoms with Gasteiger partial charge in [-0.25, -0.2) is 0 Å². The molecule has 0 atom stereocenters. The van der Waals surface area contributed by atoms with E-state index in [4.69, 9.17) is 11.6 Å². The quantitative estimate of drug-likeness (QED) is 0.532. The summed E-state index contributed by atoms with van der Waals surface area (Å²) in [4.78, 5) is 0. The molecule has 20 heavy (non-hydrogen) atoms. The van der Waals surface area contributed by atoms with Crippen LogP contribution in [0.25, 0.3) is 5.57 Å². The zero-order valence-electron chi connectivity index (χ0n) is 11.4. The van der Waals surface area contributed by atoms with Crippen LogP contribution in [0.4, 0.5) is 13.2 Å². The van der Waals surface area contributed by atoms with Crippen LogP contribution in [0.5, 0.6) is 0 Å². The lowest BCUT2D eigenvalue weighted by molar-refractivity contribution is -0.0924. The summed E-state index contributed by atoms with van der Waals surface area (Å²) in [5, 5.41) is 0.515. The molecule has 1 rings (SSSR count). The first-order chi connectivity index (χ1) is 9.40. The first kappa shape index (κ1) is 16.8. The molecule has 0 fully saturated rings. The Bertz CT molecular complexity index is 469. The minimum atomic E-state index is -4.34. The summed E-state index contributed by atoms with van der Waals surface area (Å²) in [7, 11) is 0. The Hall–Kier alpha value is -1.22. The Morgan fingerprint density at radius 3 is 2.30 bits per heavy atom. The van der Waals surface area contributed by atoms with Crippen LogP contribution in [0, 0.1) is 0 Å². The van der Waals surface area contributed by atoms with E-state index in [0.29, 0.717) is 29.0 Å². The summed E-state index contributed by atoms with van der Waals surface area (Å²) in [5.74, 6) is 0. The number of unbranched alkanes of at least 4 members (excludes halogenated alkanes) is 1. The molecule has 0 saturated heterocycles. The van der Waals surface area contributed by atoms with Crippen molar-refractivity contribution in [3.8, 4) is 0 Å². The van der Waals surface area contributed by atoms with Crippen molar-refractivity contribution in [1.29, 1.82) is 0 Å².